The van der Waals surface area contributed by atoms with Gasteiger partial charge in [-0.15, -0.1) is 0 Å². The molecule has 0 N–H and O–H groups in total. The van der Waals surface area contributed by atoms with Gasteiger partial charge in [0.2, 0.25) is 0 Å². The number of benzene rings is 1. The van der Waals surface area contributed by atoms with E-state index < -0.39 is 0 Å². The molecule has 1 aromatic carbocycles. The monoisotopic (exact) mass is 272 g/mol. The Labute approximate surface area is 119 Å². The van der Waals surface area contributed by atoms with Crippen molar-refractivity contribution in [3.63, 3.8) is 0 Å². The molecule has 4 nitrogen and oxygen atoms in total. The predicted molar refractivity (Wildman–Crippen MR) is 78.4 cm³/mol. The van der Waals surface area contributed by atoms with Crippen LogP contribution < -0.4 is 0 Å². The van der Waals surface area contributed by atoms with Crippen LogP contribution >= 0.6 is 0 Å². The van der Waals surface area contributed by atoms with Gasteiger partial charge in [0.15, 0.2) is 0 Å². The van der Waals surface area contributed by atoms with Crippen molar-refractivity contribution in [2.75, 3.05) is 6.61 Å². The number of hydrogen-bond acceptors (Lipinski definition) is 3. The summed E-state index contributed by atoms with van der Waals surface area (Å²) in [6.07, 6.45) is 3.65. The first kappa shape index (κ1) is 14.3. The van der Waals surface area contributed by atoms with E-state index in [2.05, 4.69) is 37.1 Å². The smallest absolute Gasteiger partial charge is 0.327 e. The van der Waals surface area contributed by atoms with E-state index in [9.17, 15) is 4.79 Å². The Kier molecular flexibility index (Phi) is 4.56. The third kappa shape index (κ3) is 3.47. The van der Waals surface area contributed by atoms with Gasteiger partial charge in [-0.05, 0) is 24.0 Å². The van der Waals surface area contributed by atoms with Crippen LogP contribution in [-0.4, -0.2) is 22.4 Å². The van der Waals surface area contributed by atoms with Crippen LogP contribution in [0.2, 0.25) is 0 Å². The van der Waals surface area contributed by atoms with Crippen molar-refractivity contribution in [3.05, 3.63) is 42.2 Å². The molecule has 2 aromatic rings. The number of aromatic nitrogens is 2. The molecule has 106 valence electrons. The van der Waals surface area contributed by atoms with E-state index in [1.165, 1.54) is 5.56 Å². The number of nitrogens with zero attached hydrogens (tertiary/aromatic N) is 2. The minimum absolute atomic E-state index is 0.151. The summed E-state index contributed by atoms with van der Waals surface area (Å²) in [6.45, 7) is 6.68. The molecule has 0 aliphatic rings. The zero-order valence-corrected chi connectivity index (χ0v) is 12.2. The SMILES string of the molecule is CCOC(=O)Cn1cc(-c2cccc(C(C)C)c2)cn1. The summed E-state index contributed by atoms with van der Waals surface area (Å²) in [5, 5.41) is 4.21. The second kappa shape index (κ2) is 6.37. The fraction of sp³-hybridized carbons (Fsp3) is 0.375. The Balaban J connectivity index is 2.16. The quantitative estimate of drug-likeness (QED) is 0.785. The summed E-state index contributed by atoms with van der Waals surface area (Å²) >= 11 is 0. The molecule has 2 rings (SSSR count). The fourth-order valence-corrected chi connectivity index (χ4v) is 2.02. The highest BCUT2D eigenvalue weighted by atomic mass is 16.5. The summed E-state index contributed by atoms with van der Waals surface area (Å²) in [4.78, 5) is 11.4. The van der Waals surface area contributed by atoms with Crippen molar-refractivity contribution in [3.8, 4) is 11.1 Å². The summed E-state index contributed by atoms with van der Waals surface area (Å²) in [5.41, 5.74) is 3.42. The van der Waals surface area contributed by atoms with Crippen LogP contribution in [0.15, 0.2) is 36.7 Å². The maximum Gasteiger partial charge on any atom is 0.327 e. The third-order valence-corrected chi connectivity index (χ3v) is 3.12. The molecule has 0 aliphatic heterocycles. The second-order valence-corrected chi connectivity index (χ2v) is 5.01. The molecule has 0 saturated carbocycles. The van der Waals surface area contributed by atoms with Gasteiger partial charge in [-0.3, -0.25) is 9.48 Å². The van der Waals surface area contributed by atoms with Gasteiger partial charge in [0.1, 0.15) is 6.54 Å². The number of esters is 1. The number of carbonyl (C=O) groups is 1. The Morgan fingerprint density at radius 3 is 2.85 bits per heavy atom. The van der Waals surface area contributed by atoms with Crippen molar-refractivity contribution in [1.29, 1.82) is 0 Å². The number of carbonyl (C=O) groups excluding carboxylic acids is 1. The molecule has 0 unspecified atom stereocenters. The standard InChI is InChI=1S/C16H20N2O2/c1-4-20-16(19)11-18-10-15(9-17-18)14-7-5-6-13(8-14)12(2)3/h5-10,12H,4,11H2,1-3H3. The minimum Gasteiger partial charge on any atom is -0.465 e. The Hall–Kier alpha value is -2.10. The fourth-order valence-electron chi connectivity index (χ4n) is 2.02. The molecular weight excluding hydrogens is 252 g/mol. The Bertz CT molecular complexity index is 588. The molecule has 0 radical (unpaired) electrons. The topological polar surface area (TPSA) is 44.1 Å². The highest BCUT2D eigenvalue weighted by Gasteiger charge is 2.07. The normalized spacial score (nSPS) is 10.8. The van der Waals surface area contributed by atoms with Crippen molar-refractivity contribution < 1.29 is 9.53 Å². The maximum atomic E-state index is 11.4. The lowest BCUT2D eigenvalue weighted by Crippen LogP contribution is -2.13. The molecule has 1 heterocycles. The third-order valence-electron chi connectivity index (χ3n) is 3.12. The first-order chi connectivity index (χ1) is 9.60. The molecule has 20 heavy (non-hydrogen) atoms. The van der Waals surface area contributed by atoms with Gasteiger partial charge in [-0.1, -0.05) is 38.1 Å². The van der Waals surface area contributed by atoms with Gasteiger partial charge >= 0.3 is 5.97 Å². The molecule has 4 heteroatoms. The molecule has 0 saturated heterocycles. The van der Waals surface area contributed by atoms with E-state index in [1.54, 1.807) is 17.8 Å². The highest BCUT2D eigenvalue weighted by Crippen LogP contribution is 2.23. The second-order valence-electron chi connectivity index (χ2n) is 5.01. The van der Waals surface area contributed by atoms with Crippen molar-refractivity contribution >= 4 is 5.97 Å². The van der Waals surface area contributed by atoms with Crippen LogP contribution in [0.4, 0.5) is 0 Å². The maximum absolute atomic E-state index is 11.4. The lowest BCUT2D eigenvalue weighted by Gasteiger charge is -2.06. The average Bonchev–Trinajstić information content (AvgIpc) is 2.87. The first-order valence-electron chi connectivity index (χ1n) is 6.88. The van der Waals surface area contributed by atoms with E-state index in [4.69, 9.17) is 4.74 Å². The highest BCUT2D eigenvalue weighted by molar-refractivity contribution is 5.69. The summed E-state index contributed by atoms with van der Waals surface area (Å²) < 4.78 is 6.52. The van der Waals surface area contributed by atoms with Gasteiger partial charge in [0, 0.05) is 11.8 Å². The number of ether oxygens (including phenoxy) is 1. The van der Waals surface area contributed by atoms with Crippen LogP contribution in [0.5, 0.6) is 0 Å². The average molecular weight is 272 g/mol. The van der Waals surface area contributed by atoms with E-state index in [-0.39, 0.29) is 12.5 Å². The van der Waals surface area contributed by atoms with Gasteiger partial charge in [0.25, 0.3) is 0 Å². The molecule has 0 aliphatic carbocycles. The van der Waals surface area contributed by atoms with E-state index in [0.717, 1.165) is 11.1 Å². The van der Waals surface area contributed by atoms with Crippen LogP contribution in [0.1, 0.15) is 32.3 Å². The first-order valence-corrected chi connectivity index (χ1v) is 6.88. The lowest BCUT2D eigenvalue weighted by molar-refractivity contribution is -0.144. The summed E-state index contributed by atoms with van der Waals surface area (Å²) in [7, 11) is 0. The van der Waals surface area contributed by atoms with Crippen LogP contribution in [-0.2, 0) is 16.1 Å². The summed E-state index contributed by atoms with van der Waals surface area (Å²) in [6, 6.07) is 8.39. The number of hydrogen-bond donors (Lipinski definition) is 0. The minimum atomic E-state index is -0.266. The molecule has 0 spiro atoms. The molecule has 1 aromatic heterocycles. The van der Waals surface area contributed by atoms with Gasteiger partial charge in [-0.25, -0.2) is 0 Å². The molecule has 0 atom stereocenters. The van der Waals surface area contributed by atoms with Crippen molar-refractivity contribution in [1.82, 2.24) is 9.78 Å². The van der Waals surface area contributed by atoms with Crippen molar-refractivity contribution in [2.24, 2.45) is 0 Å². The zero-order valence-electron chi connectivity index (χ0n) is 12.2. The van der Waals surface area contributed by atoms with Gasteiger partial charge in [-0.2, -0.15) is 5.10 Å². The molecule has 0 amide bonds. The van der Waals surface area contributed by atoms with Gasteiger partial charge < -0.3 is 4.74 Å². The lowest BCUT2D eigenvalue weighted by atomic mass is 9.99. The number of rotatable bonds is 5. The largest absolute Gasteiger partial charge is 0.465 e. The van der Waals surface area contributed by atoms with Crippen LogP contribution in [0, 0.1) is 0 Å². The molecular formula is C16H20N2O2. The van der Waals surface area contributed by atoms with E-state index in [0.29, 0.717) is 12.5 Å². The Morgan fingerprint density at radius 2 is 2.15 bits per heavy atom. The van der Waals surface area contributed by atoms with Crippen LogP contribution in [0.25, 0.3) is 11.1 Å². The molecule has 0 bridgehead atoms. The molecule has 0 fully saturated rings. The predicted octanol–water partition coefficient (Wildman–Crippen LogP) is 3.24. The summed E-state index contributed by atoms with van der Waals surface area (Å²) in [5.74, 6) is 0.225. The van der Waals surface area contributed by atoms with E-state index in [1.807, 2.05) is 12.3 Å². The van der Waals surface area contributed by atoms with E-state index >= 15 is 0 Å². The zero-order chi connectivity index (χ0) is 14.5. The van der Waals surface area contributed by atoms with Crippen LogP contribution in [0.3, 0.4) is 0 Å². The van der Waals surface area contributed by atoms with Gasteiger partial charge in [0.05, 0.1) is 12.8 Å². The Morgan fingerprint density at radius 1 is 1.35 bits per heavy atom. The van der Waals surface area contributed by atoms with Crippen molar-refractivity contribution in [2.45, 2.75) is 33.2 Å².